The second kappa shape index (κ2) is 8.27. The highest BCUT2D eigenvalue weighted by atomic mass is 16.2. The van der Waals surface area contributed by atoms with Gasteiger partial charge in [0.25, 0.3) is 0 Å². The van der Waals surface area contributed by atoms with Crippen LogP contribution in [0.3, 0.4) is 0 Å². The molecule has 1 aliphatic rings. The number of aryl methyl sites for hydroxylation is 2. The van der Waals surface area contributed by atoms with Crippen molar-refractivity contribution in [2.75, 3.05) is 22.5 Å². The minimum absolute atomic E-state index is 0.00281. The lowest BCUT2D eigenvalue weighted by Crippen LogP contribution is -2.35. The number of benzene rings is 1. The number of hydrogen-bond acceptors (Lipinski definition) is 7. The van der Waals surface area contributed by atoms with Crippen LogP contribution >= 0.6 is 0 Å². The molecule has 29 heavy (non-hydrogen) atoms. The van der Waals surface area contributed by atoms with E-state index in [2.05, 4.69) is 41.4 Å². The molecule has 5 N–H and O–H groups in total. The Kier molecular flexibility index (Phi) is 5.39. The molecule has 1 amide bonds. The molecule has 9 heteroatoms. The summed E-state index contributed by atoms with van der Waals surface area (Å²) in [5.41, 5.74) is 3.55. The highest BCUT2D eigenvalue weighted by molar-refractivity contribution is 5.96. The molecule has 1 atom stereocenters. The predicted octanol–water partition coefficient (Wildman–Crippen LogP) is 2.99. The van der Waals surface area contributed by atoms with E-state index >= 15 is 0 Å². The Morgan fingerprint density at radius 3 is 2.66 bits per heavy atom. The van der Waals surface area contributed by atoms with Gasteiger partial charge in [-0.15, -0.1) is 0 Å². The van der Waals surface area contributed by atoms with Crippen molar-refractivity contribution in [1.82, 2.24) is 25.5 Å². The molecule has 1 fully saturated rings. The van der Waals surface area contributed by atoms with Crippen molar-refractivity contribution in [3.8, 4) is 0 Å². The van der Waals surface area contributed by atoms with Crippen LogP contribution in [0.5, 0.6) is 0 Å². The van der Waals surface area contributed by atoms with Crippen LogP contribution in [0.4, 0.5) is 28.8 Å². The van der Waals surface area contributed by atoms with Gasteiger partial charge in [0.2, 0.25) is 5.91 Å². The van der Waals surface area contributed by atoms with Crippen molar-refractivity contribution in [1.29, 1.82) is 0 Å². The summed E-state index contributed by atoms with van der Waals surface area (Å²) >= 11 is 0. The maximum Gasteiger partial charge on any atom is 0.241 e. The Bertz CT molecular complexity index is 1010. The van der Waals surface area contributed by atoms with E-state index in [1.165, 1.54) is 0 Å². The number of hydrogen-bond donors (Lipinski definition) is 5. The summed E-state index contributed by atoms with van der Waals surface area (Å²) < 4.78 is 0. The zero-order chi connectivity index (χ0) is 20.2. The van der Waals surface area contributed by atoms with Crippen LogP contribution in [0, 0.1) is 13.8 Å². The monoisotopic (exact) mass is 392 g/mol. The fourth-order valence-corrected chi connectivity index (χ4v) is 3.21. The van der Waals surface area contributed by atoms with Crippen molar-refractivity contribution in [3.63, 3.8) is 0 Å². The molecule has 2 aromatic heterocycles. The third-order valence-corrected chi connectivity index (χ3v) is 4.74. The molecule has 3 aromatic rings. The molecule has 3 heterocycles. The topological polar surface area (TPSA) is 120 Å². The molecule has 150 valence electrons. The lowest BCUT2D eigenvalue weighted by molar-refractivity contribution is -0.117. The Morgan fingerprint density at radius 1 is 1.10 bits per heavy atom. The van der Waals surface area contributed by atoms with Crippen LogP contribution in [0.15, 0.2) is 36.7 Å². The number of amides is 1. The molecule has 0 bridgehead atoms. The second-order valence-corrected chi connectivity index (χ2v) is 7.14. The summed E-state index contributed by atoms with van der Waals surface area (Å²) in [4.78, 5) is 21.2. The Hall–Kier alpha value is -3.46. The summed E-state index contributed by atoms with van der Waals surface area (Å²) in [7, 11) is 0. The molecule has 1 saturated heterocycles. The summed E-state index contributed by atoms with van der Waals surface area (Å²) in [6, 6.07) is 7.57. The van der Waals surface area contributed by atoms with Gasteiger partial charge in [0.15, 0.2) is 17.5 Å². The number of rotatable bonds is 6. The van der Waals surface area contributed by atoms with Crippen molar-refractivity contribution in [2.24, 2.45) is 0 Å². The van der Waals surface area contributed by atoms with Crippen LogP contribution in [0.25, 0.3) is 0 Å². The van der Waals surface area contributed by atoms with Crippen molar-refractivity contribution >= 4 is 34.7 Å². The number of carbonyl (C=O) groups is 1. The number of anilines is 5. The molecule has 1 aromatic carbocycles. The van der Waals surface area contributed by atoms with Crippen LogP contribution < -0.4 is 21.3 Å². The predicted molar refractivity (Wildman–Crippen MR) is 113 cm³/mol. The van der Waals surface area contributed by atoms with Gasteiger partial charge in [0, 0.05) is 23.1 Å². The molecule has 9 nitrogen and oxygen atoms in total. The third kappa shape index (κ3) is 4.69. The molecule has 4 rings (SSSR count). The number of H-pyrrole nitrogens is 1. The highest BCUT2D eigenvalue weighted by Gasteiger charge is 2.22. The number of nitrogens with one attached hydrogen (secondary N) is 5. The average Bonchev–Trinajstić information content (AvgIpc) is 3.37. The highest BCUT2D eigenvalue weighted by Crippen LogP contribution is 2.24. The van der Waals surface area contributed by atoms with Crippen LogP contribution in [-0.2, 0) is 4.79 Å². The lowest BCUT2D eigenvalue weighted by Gasteiger charge is -2.15. The fourth-order valence-electron chi connectivity index (χ4n) is 3.21. The Labute approximate surface area is 168 Å². The van der Waals surface area contributed by atoms with Crippen molar-refractivity contribution in [3.05, 3.63) is 47.9 Å². The van der Waals surface area contributed by atoms with Gasteiger partial charge in [-0.1, -0.05) is 6.07 Å². The molecule has 0 saturated carbocycles. The van der Waals surface area contributed by atoms with E-state index in [4.69, 9.17) is 0 Å². The first kappa shape index (κ1) is 18.9. The van der Waals surface area contributed by atoms with Gasteiger partial charge in [-0.05, 0) is 50.9 Å². The maximum atomic E-state index is 12.4. The SMILES string of the molecule is Cc1cc(Nc2cncc(Nc3ccc(C)c(NC(=O)[C@@H]4CCCN4)c3)n2)n[nH]1. The van der Waals surface area contributed by atoms with Gasteiger partial charge in [0.05, 0.1) is 18.4 Å². The van der Waals surface area contributed by atoms with Crippen LogP contribution in [-0.4, -0.2) is 38.7 Å². The first-order valence-corrected chi connectivity index (χ1v) is 9.60. The van der Waals surface area contributed by atoms with E-state index in [1.807, 2.05) is 38.1 Å². The number of aromatic nitrogens is 4. The summed E-state index contributed by atoms with van der Waals surface area (Å²) in [5, 5.41) is 19.6. The summed E-state index contributed by atoms with van der Waals surface area (Å²) in [6.07, 6.45) is 5.17. The quantitative estimate of drug-likeness (QED) is 0.437. The lowest BCUT2D eigenvalue weighted by atomic mass is 10.1. The normalized spacial score (nSPS) is 15.9. The van der Waals surface area contributed by atoms with E-state index < -0.39 is 0 Å². The Morgan fingerprint density at radius 2 is 1.93 bits per heavy atom. The summed E-state index contributed by atoms with van der Waals surface area (Å²) in [6.45, 7) is 4.79. The Balaban J connectivity index is 1.46. The maximum absolute atomic E-state index is 12.4. The minimum atomic E-state index is -0.120. The van der Waals surface area contributed by atoms with Gasteiger partial charge < -0.3 is 21.3 Å². The van der Waals surface area contributed by atoms with Gasteiger partial charge >= 0.3 is 0 Å². The van der Waals surface area contributed by atoms with Gasteiger partial charge in [-0.3, -0.25) is 14.9 Å². The minimum Gasteiger partial charge on any atom is -0.339 e. The number of nitrogens with zero attached hydrogens (tertiary/aromatic N) is 3. The van der Waals surface area contributed by atoms with Crippen molar-refractivity contribution < 1.29 is 4.79 Å². The van der Waals surface area contributed by atoms with E-state index in [0.717, 1.165) is 42.0 Å². The second-order valence-electron chi connectivity index (χ2n) is 7.14. The van der Waals surface area contributed by atoms with Crippen LogP contribution in [0.2, 0.25) is 0 Å². The first-order chi connectivity index (χ1) is 14.1. The first-order valence-electron chi connectivity index (χ1n) is 9.60. The number of carbonyl (C=O) groups excluding carboxylic acids is 1. The molecule has 0 spiro atoms. The van der Waals surface area contributed by atoms with Crippen molar-refractivity contribution in [2.45, 2.75) is 32.7 Å². The van der Waals surface area contributed by atoms with E-state index in [0.29, 0.717) is 17.5 Å². The fraction of sp³-hybridized carbons (Fsp3) is 0.300. The molecule has 1 aliphatic heterocycles. The molecule has 0 aliphatic carbocycles. The molecule has 0 unspecified atom stereocenters. The van der Waals surface area contributed by atoms with Gasteiger partial charge in [-0.25, -0.2) is 4.98 Å². The third-order valence-electron chi connectivity index (χ3n) is 4.74. The molecular weight excluding hydrogens is 368 g/mol. The smallest absolute Gasteiger partial charge is 0.241 e. The zero-order valence-corrected chi connectivity index (χ0v) is 16.4. The zero-order valence-electron chi connectivity index (χ0n) is 16.4. The standard InChI is InChI=1S/C20H24N8O/c1-12-5-6-14(9-16(12)24-20(29)15-4-3-7-22-15)23-18-10-21-11-19(26-18)25-17-8-13(2)27-28-17/h5-6,8-11,15,22H,3-4,7H2,1-2H3,(H,24,29)(H3,23,25,26,27,28)/t15-/m0/s1. The molecular formula is C20H24N8O. The van der Waals surface area contributed by atoms with Crippen LogP contribution in [0.1, 0.15) is 24.1 Å². The van der Waals surface area contributed by atoms with Gasteiger partial charge in [-0.2, -0.15) is 5.10 Å². The molecule has 0 radical (unpaired) electrons. The van der Waals surface area contributed by atoms with E-state index in [1.54, 1.807) is 12.4 Å². The summed E-state index contributed by atoms with van der Waals surface area (Å²) in [5.74, 6) is 1.84. The van der Waals surface area contributed by atoms with Gasteiger partial charge in [0.1, 0.15) is 0 Å². The van der Waals surface area contributed by atoms with E-state index in [-0.39, 0.29) is 11.9 Å². The number of aromatic amines is 1. The largest absolute Gasteiger partial charge is 0.339 e. The average molecular weight is 392 g/mol. The van der Waals surface area contributed by atoms with E-state index in [9.17, 15) is 4.79 Å².